The molecule has 0 amide bonds. The van der Waals surface area contributed by atoms with Crippen LogP contribution in [0, 0.1) is 0 Å². The van der Waals surface area contributed by atoms with Crippen molar-refractivity contribution in [3.05, 3.63) is 121 Å². The van der Waals surface area contributed by atoms with E-state index in [0.29, 0.717) is 0 Å². The highest BCUT2D eigenvalue weighted by Gasteiger charge is 2.18. The van der Waals surface area contributed by atoms with Crippen LogP contribution in [0.5, 0.6) is 0 Å². The molecule has 224 valence electrons. The fourth-order valence-corrected chi connectivity index (χ4v) is 6.26. The second kappa shape index (κ2) is 10.1. The van der Waals surface area contributed by atoms with Crippen molar-refractivity contribution in [2.75, 3.05) is 0 Å². The first kappa shape index (κ1) is 28.3. The normalized spacial score (nSPS) is 12.6. The molecule has 0 atom stereocenters. The molecule has 0 aliphatic heterocycles. The molecule has 0 aliphatic rings. The average molecular weight is 597 g/mol. The van der Waals surface area contributed by atoms with E-state index in [0.717, 1.165) is 82.9 Å². The van der Waals surface area contributed by atoms with Gasteiger partial charge in [0.05, 0.1) is 33.5 Å². The summed E-state index contributed by atoms with van der Waals surface area (Å²) < 4.78 is 0. The van der Waals surface area contributed by atoms with Crippen LogP contribution in [0.4, 0.5) is 0 Å². The van der Waals surface area contributed by atoms with Crippen molar-refractivity contribution < 1.29 is 0 Å². The summed E-state index contributed by atoms with van der Waals surface area (Å²) in [7, 11) is 0. The van der Waals surface area contributed by atoms with E-state index in [4.69, 9.17) is 19.9 Å². The molecule has 4 aromatic heterocycles. The van der Waals surface area contributed by atoms with Crippen LogP contribution in [0.25, 0.3) is 76.9 Å². The van der Waals surface area contributed by atoms with E-state index in [-0.39, 0.29) is 10.8 Å². The van der Waals surface area contributed by atoms with Crippen molar-refractivity contribution in [2.45, 2.75) is 52.4 Å². The molecule has 0 saturated heterocycles. The molecule has 4 nitrogen and oxygen atoms in total. The lowest BCUT2D eigenvalue weighted by molar-refractivity contribution is 0.571. The first-order valence-electron chi connectivity index (χ1n) is 16.0. The molecule has 4 aromatic carbocycles. The van der Waals surface area contributed by atoms with Gasteiger partial charge in [0.1, 0.15) is 0 Å². The third-order valence-electron chi connectivity index (χ3n) is 9.01. The lowest BCUT2D eigenvalue weighted by Crippen LogP contribution is -2.13. The van der Waals surface area contributed by atoms with E-state index in [1.807, 2.05) is 0 Å². The van der Waals surface area contributed by atoms with Crippen LogP contribution in [0.3, 0.4) is 0 Å². The van der Waals surface area contributed by atoms with Gasteiger partial charge in [-0.25, -0.2) is 19.9 Å². The van der Waals surface area contributed by atoms with Crippen molar-refractivity contribution >= 4 is 54.4 Å². The first-order valence-corrected chi connectivity index (χ1v) is 16.0. The lowest BCUT2D eigenvalue weighted by atomic mass is 9.91. The highest BCUT2D eigenvalue weighted by atomic mass is 14.8. The van der Waals surface area contributed by atoms with Gasteiger partial charge in [-0.1, -0.05) is 114 Å². The maximum Gasteiger partial charge on any atom is 0.0972 e. The van der Waals surface area contributed by atoms with Crippen LogP contribution in [-0.4, -0.2) is 19.9 Å². The van der Waals surface area contributed by atoms with E-state index < -0.39 is 0 Å². The summed E-state index contributed by atoms with van der Waals surface area (Å²) in [5.41, 5.74) is 9.86. The third-order valence-corrected chi connectivity index (χ3v) is 9.01. The summed E-state index contributed by atoms with van der Waals surface area (Å²) in [5.74, 6) is 0. The number of nitrogens with zero attached hydrogens (tertiary/aromatic N) is 4. The summed E-state index contributed by atoms with van der Waals surface area (Å²) in [6, 6.07) is 38.8. The van der Waals surface area contributed by atoms with E-state index in [2.05, 4.69) is 151 Å². The predicted octanol–water partition coefficient (Wildman–Crippen LogP) is 11.0. The van der Waals surface area contributed by atoms with Crippen molar-refractivity contribution in [3.8, 4) is 22.5 Å². The lowest BCUT2D eigenvalue weighted by Gasteiger charge is -2.18. The minimum atomic E-state index is -0.0388. The topological polar surface area (TPSA) is 51.6 Å². The van der Waals surface area contributed by atoms with Gasteiger partial charge in [0.15, 0.2) is 0 Å². The summed E-state index contributed by atoms with van der Waals surface area (Å²) in [6.07, 6.45) is 0. The number of pyridine rings is 4. The zero-order chi connectivity index (χ0) is 31.8. The van der Waals surface area contributed by atoms with Crippen molar-refractivity contribution in [2.24, 2.45) is 0 Å². The molecular weight excluding hydrogens is 560 g/mol. The molecule has 0 aliphatic carbocycles. The van der Waals surface area contributed by atoms with E-state index in [9.17, 15) is 0 Å². The van der Waals surface area contributed by atoms with Gasteiger partial charge in [-0.15, -0.1) is 0 Å². The van der Waals surface area contributed by atoms with Crippen molar-refractivity contribution in [1.29, 1.82) is 0 Å². The minimum Gasteiger partial charge on any atom is -0.250 e. The van der Waals surface area contributed by atoms with E-state index >= 15 is 0 Å². The molecule has 4 heteroatoms. The summed E-state index contributed by atoms with van der Waals surface area (Å²) >= 11 is 0. The fraction of sp³-hybridized carbons (Fsp3) is 0.190. The molecule has 4 heterocycles. The van der Waals surface area contributed by atoms with Gasteiger partial charge in [0.25, 0.3) is 0 Å². The molecule has 0 unspecified atom stereocenters. The number of hydrogen-bond acceptors (Lipinski definition) is 4. The number of rotatable bonds is 2. The second-order valence-corrected chi connectivity index (χ2v) is 14.5. The first-order chi connectivity index (χ1) is 22.0. The second-order valence-electron chi connectivity index (χ2n) is 14.5. The molecule has 0 bridgehead atoms. The largest absolute Gasteiger partial charge is 0.250 e. The summed E-state index contributed by atoms with van der Waals surface area (Å²) in [6.45, 7) is 13.2. The molecule has 46 heavy (non-hydrogen) atoms. The maximum absolute atomic E-state index is 5.19. The molecule has 0 fully saturated rings. The van der Waals surface area contributed by atoms with Gasteiger partial charge in [-0.2, -0.15) is 0 Å². The van der Waals surface area contributed by atoms with Crippen LogP contribution >= 0.6 is 0 Å². The Morgan fingerprint density at radius 3 is 1.04 bits per heavy atom. The van der Waals surface area contributed by atoms with Crippen LogP contribution in [-0.2, 0) is 10.8 Å². The molecular formula is C42H36N4. The van der Waals surface area contributed by atoms with Gasteiger partial charge in [-0.05, 0) is 47.2 Å². The smallest absolute Gasteiger partial charge is 0.0972 e. The van der Waals surface area contributed by atoms with Gasteiger partial charge in [0.2, 0.25) is 0 Å². The van der Waals surface area contributed by atoms with E-state index in [1.165, 1.54) is 5.39 Å². The average Bonchev–Trinajstić information content (AvgIpc) is 3.05. The Morgan fingerprint density at radius 1 is 0.326 bits per heavy atom. The summed E-state index contributed by atoms with van der Waals surface area (Å²) in [5, 5.41) is 6.73. The highest BCUT2D eigenvalue weighted by Crippen LogP contribution is 2.33. The third kappa shape index (κ3) is 4.85. The minimum absolute atomic E-state index is 0.0388. The fourth-order valence-electron chi connectivity index (χ4n) is 6.26. The molecule has 0 saturated carbocycles. The Morgan fingerprint density at radius 2 is 0.652 bits per heavy atom. The van der Waals surface area contributed by atoms with Gasteiger partial charge in [-0.3, -0.25) is 0 Å². The van der Waals surface area contributed by atoms with Crippen molar-refractivity contribution in [3.63, 3.8) is 0 Å². The van der Waals surface area contributed by atoms with Gasteiger partial charge < -0.3 is 0 Å². The molecule has 0 spiro atoms. The number of fused-ring (bicyclic) bond motifs is 7. The monoisotopic (exact) mass is 596 g/mol. The Hall–Kier alpha value is -5.22. The van der Waals surface area contributed by atoms with Gasteiger partial charge in [0, 0.05) is 54.9 Å². The van der Waals surface area contributed by atoms with E-state index in [1.54, 1.807) is 0 Å². The van der Waals surface area contributed by atoms with Crippen LogP contribution < -0.4 is 0 Å². The Balaban J connectivity index is 1.23. The summed E-state index contributed by atoms with van der Waals surface area (Å²) in [4.78, 5) is 20.6. The number of hydrogen-bond donors (Lipinski definition) is 0. The Kier molecular flexibility index (Phi) is 6.24. The van der Waals surface area contributed by atoms with Crippen LogP contribution in [0.15, 0.2) is 109 Å². The zero-order valence-electron chi connectivity index (χ0n) is 27.2. The maximum atomic E-state index is 5.19. The highest BCUT2D eigenvalue weighted by molar-refractivity contribution is 6.05. The zero-order valence-corrected chi connectivity index (χ0v) is 27.2. The Labute approximate surface area is 269 Å². The molecule has 0 radical (unpaired) electrons. The Bertz CT molecular complexity index is 2330. The van der Waals surface area contributed by atoms with Crippen LogP contribution in [0.1, 0.15) is 52.9 Å². The SMILES string of the molecule is CC(C)(C)c1ccc2ccc3ccc(-c4ccc5ccc(-c6ccc7ccc8ccc(C(C)(C)C)nc8c7n6)cc5c4)nc3c2n1. The predicted molar refractivity (Wildman–Crippen MR) is 193 cm³/mol. The standard InChI is InChI=1S/C42H36N4/c1-41(2,3)35-21-17-28-11-9-26-15-19-33(43-37(26)39(28)45-35)30-13-7-25-8-14-31(24-32(25)23-30)34-20-16-27-10-12-29-18-22-36(42(4,5)6)46-40(29)38(27)44-34/h7-24H,1-6H3. The number of aromatic nitrogens is 4. The quantitative estimate of drug-likeness (QED) is 0.186. The number of benzene rings is 4. The molecule has 8 rings (SSSR count). The van der Waals surface area contributed by atoms with Crippen molar-refractivity contribution in [1.82, 2.24) is 19.9 Å². The van der Waals surface area contributed by atoms with Gasteiger partial charge >= 0.3 is 0 Å². The molecule has 8 aromatic rings. The van der Waals surface area contributed by atoms with Crippen LogP contribution in [0.2, 0.25) is 0 Å². The molecule has 0 N–H and O–H groups in total.